The van der Waals surface area contributed by atoms with Crippen LogP contribution in [0.15, 0.2) is 0 Å². The van der Waals surface area contributed by atoms with E-state index in [4.69, 9.17) is 19.4 Å². The van der Waals surface area contributed by atoms with E-state index in [0.29, 0.717) is 6.61 Å². The van der Waals surface area contributed by atoms with Gasteiger partial charge in [0, 0.05) is 7.11 Å². The number of hydrogen-bond acceptors (Lipinski definition) is 5. The first-order chi connectivity index (χ1) is 7.50. The maximum Gasteiger partial charge on any atom is 0.262 e. The van der Waals surface area contributed by atoms with Crippen molar-refractivity contribution in [1.82, 2.24) is 4.67 Å². The summed E-state index contributed by atoms with van der Waals surface area (Å²) in [4.78, 5) is 11.5. The van der Waals surface area contributed by atoms with Gasteiger partial charge in [0.05, 0.1) is 6.61 Å². The van der Waals surface area contributed by atoms with E-state index in [9.17, 15) is 4.79 Å². The Morgan fingerprint density at radius 1 is 1.62 bits per heavy atom. The van der Waals surface area contributed by atoms with Crippen LogP contribution in [0.25, 0.3) is 0 Å². The molecule has 0 saturated carbocycles. The third-order valence-corrected chi connectivity index (χ3v) is 3.51. The molecular weight excluding hydrogens is 231 g/mol. The minimum absolute atomic E-state index is 0.155. The van der Waals surface area contributed by atoms with Gasteiger partial charge in [-0.15, -0.1) is 0 Å². The molecule has 0 bridgehead atoms. The fraction of sp³-hybridized carbons (Fsp3) is 0.889. The average molecular weight is 246 g/mol. The van der Waals surface area contributed by atoms with Gasteiger partial charge in [0.2, 0.25) is 0 Å². The van der Waals surface area contributed by atoms with Gasteiger partial charge in [-0.2, -0.15) is 0 Å². The molecule has 3 atom stereocenters. The molecular formula is C9H15N2O4P. The predicted octanol–water partition coefficient (Wildman–Crippen LogP) is 0.987. The van der Waals surface area contributed by atoms with E-state index in [1.165, 1.54) is 11.8 Å². The normalized spacial score (nSPS) is 37.8. The quantitative estimate of drug-likeness (QED) is 0.595. The molecule has 2 unspecified atom stereocenters. The molecule has 0 radical (unpaired) electrons. The lowest BCUT2D eigenvalue weighted by atomic mass is 9.96. The minimum Gasteiger partial charge on any atom is -0.369 e. The zero-order valence-corrected chi connectivity index (χ0v) is 10.4. The number of nitrogens with one attached hydrogen (secondary N) is 1. The predicted molar refractivity (Wildman–Crippen MR) is 56.0 cm³/mol. The van der Waals surface area contributed by atoms with Crippen LogP contribution >= 0.6 is 8.52 Å². The van der Waals surface area contributed by atoms with Crippen molar-refractivity contribution in [3.63, 3.8) is 0 Å². The van der Waals surface area contributed by atoms with Crippen molar-refractivity contribution >= 4 is 14.4 Å². The number of carbonyl (C=O) groups excluding carboxylic acids is 1. The second-order valence-corrected chi connectivity index (χ2v) is 4.93. The van der Waals surface area contributed by atoms with Crippen molar-refractivity contribution in [1.29, 1.82) is 5.16 Å². The number of nitrogens with zero attached hydrogens (tertiary/aromatic N) is 1. The Morgan fingerprint density at radius 2 is 2.31 bits per heavy atom. The Bertz CT molecular complexity index is 323. The fourth-order valence-electron chi connectivity index (χ4n) is 2.06. The third kappa shape index (κ3) is 1.76. The van der Waals surface area contributed by atoms with Crippen LogP contribution in [0.3, 0.4) is 0 Å². The van der Waals surface area contributed by atoms with Gasteiger partial charge in [-0.1, -0.05) is 0 Å². The molecule has 0 aromatic rings. The molecule has 2 aliphatic rings. The van der Waals surface area contributed by atoms with Crippen molar-refractivity contribution in [2.45, 2.75) is 37.9 Å². The molecule has 6 nitrogen and oxygen atoms in total. The Labute approximate surface area is 95.6 Å². The van der Waals surface area contributed by atoms with E-state index in [2.05, 4.69) is 0 Å². The second kappa shape index (κ2) is 4.04. The van der Waals surface area contributed by atoms with E-state index in [1.807, 2.05) is 13.8 Å². The number of carbonyl (C=O) groups is 1. The Balaban J connectivity index is 2.08. The summed E-state index contributed by atoms with van der Waals surface area (Å²) in [6, 6.07) is -0.210. The summed E-state index contributed by atoms with van der Waals surface area (Å²) in [7, 11) is 1.67. The highest BCUT2D eigenvalue weighted by molar-refractivity contribution is 7.23. The summed E-state index contributed by atoms with van der Waals surface area (Å²) >= 11 is 0. The van der Waals surface area contributed by atoms with E-state index in [-0.39, 0.29) is 26.6 Å². The first kappa shape index (κ1) is 11.9. The first-order valence-electron chi connectivity index (χ1n) is 5.05. The van der Waals surface area contributed by atoms with Gasteiger partial charge in [0.1, 0.15) is 20.7 Å². The number of ether oxygens (including phenoxy) is 3. The van der Waals surface area contributed by atoms with Gasteiger partial charge in [0.25, 0.3) is 5.91 Å². The van der Waals surface area contributed by atoms with E-state index < -0.39 is 11.9 Å². The Morgan fingerprint density at radius 3 is 2.75 bits per heavy atom. The lowest BCUT2D eigenvalue weighted by Crippen LogP contribution is -2.66. The van der Waals surface area contributed by atoms with Crippen LogP contribution in [-0.2, 0) is 19.0 Å². The average Bonchev–Trinajstić information content (AvgIpc) is 2.56. The van der Waals surface area contributed by atoms with Gasteiger partial charge in [-0.05, 0) is 13.8 Å². The van der Waals surface area contributed by atoms with Crippen LogP contribution in [0.4, 0.5) is 0 Å². The maximum absolute atomic E-state index is 11.5. The topological polar surface area (TPSA) is 71.9 Å². The molecule has 2 rings (SSSR count). The molecule has 2 fully saturated rings. The molecule has 90 valence electrons. The second-order valence-electron chi connectivity index (χ2n) is 4.30. The van der Waals surface area contributed by atoms with Crippen molar-refractivity contribution in [2.24, 2.45) is 0 Å². The molecule has 2 saturated heterocycles. The number of amides is 1. The highest BCUT2D eigenvalue weighted by Gasteiger charge is 2.55. The largest absolute Gasteiger partial charge is 0.369 e. The lowest BCUT2D eigenvalue weighted by Gasteiger charge is -2.44. The van der Waals surface area contributed by atoms with Crippen molar-refractivity contribution < 1.29 is 19.0 Å². The van der Waals surface area contributed by atoms with E-state index in [0.717, 1.165) is 0 Å². The molecule has 0 aromatic heterocycles. The van der Waals surface area contributed by atoms with Crippen LogP contribution in [0.5, 0.6) is 0 Å². The molecule has 1 amide bonds. The SMILES string of the molecule is CO[C@H]1C(=O)N(P=N)C1C1COC(C)(C)O1. The summed E-state index contributed by atoms with van der Waals surface area (Å²) in [6.07, 6.45) is -0.712. The molecule has 0 aliphatic carbocycles. The summed E-state index contributed by atoms with van der Waals surface area (Å²) in [5.74, 6) is -0.774. The van der Waals surface area contributed by atoms with Crippen molar-refractivity contribution in [3.8, 4) is 0 Å². The van der Waals surface area contributed by atoms with Crippen LogP contribution in [0.1, 0.15) is 13.8 Å². The Hall–Kier alpha value is -0.550. The summed E-state index contributed by atoms with van der Waals surface area (Å²) in [5.41, 5.74) is 0. The smallest absolute Gasteiger partial charge is 0.262 e. The summed E-state index contributed by atoms with van der Waals surface area (Å²) in [6.45, 7) is 4.09. The van der Waals surface area contributed by atoms with Gasteiger partial charge in [0.15, 0.2) is 11.9 Å². The zero-order chi connectivity index (χ0) is 11.9. The number of β-lactam (4-membered cyclic amide) rings is 1. The number of hydrogen-bond donors (Lipinski definition) is 1. The summed E-state index contributed by atoms with van der Waals surface area (Å²) < 4.78 is 17.7. The van der Waals surface area contributed by atoms with Gasteiger partial charge < -0.3 is 14.2 Å². The molecule has 1 N–H and O–H groups in total. The highest BCUT2D eigenvalue weighted by atomic mass is 31.1. The fourth-order valence-corrected chi connectivity index (χ4v) is 2.68. The molecule has 16 heavy (non-hydrogen) atoms. The van der Waals surface area contributed by atoms with Crippen molar-refractivity contribution in [2.75, 3.05) is 13.7 Å². The highest BCUT2D eigenvalue weighted by Crippen LogP contribution is 2.37. The van der Waals surface area contributed by atoms with E-state index in [1.54, 1.807) is 0 Å². The van der Waals surface area contributed by atoms with Gasteiger partial charge in [-0.25, -0.2) is 0 Å². The third-order valence-electron chi connectivity index (χ3n) is 2.83. The number of methoxy groups -OCH3 is 1. The standard InChI is InChI=1S/C9H15N2O4P/c1-9(2)14-4-5(15-9)6-7(13-3)8(12)11(6)16-10/h5-7,10H,4H2,1-3H3/t5?,6?,7-/m1/s1. The molecule has 2 aliphatic heterocycles. The number of rotatable bonds is 3. The monoisotopic (exact) mass is 246 g/mol. The first-order valence-corrected chi connectivity index (χ1v) is 5.90. The minimum atomic E-state index is -0.619. The molecule has 2 heterocycles. The van der Waals surface area contributed by atoms with Gasteiger partial charge >= 0.3 is 0 Å². The summed E-state index contributed by atoms with van der Waals surface area (Å²) in [5, 5.41) is 7.27. The molecule has 7 heteroatoms. The zero-order valence-electron chi connectivity index (χ0n) is 9.47. The van der Waals surface area contributed by atoms with Crippen LogP contribution in [-0.4, -0.2) is 48.3 Å². The van der Waals surface area contributed by atoms with Crippen molar-refractivity contribution in [3.05, 3.63) is 0 Å². The molecule has 0 aromatic carbocycles. The Kier molecular flexibility index (Phi) is 3.01. The maximum atomic E-state index is 11.5. The lowest BCUT2D eigenvalue weighted by molar-refractivity contribution is -0.180. The van der Waals surface area contributed by atoms with Crippen LogP contribution in [0, 0.1) is 5.16 Å². The molecule has 0 spiro atoms. The van der Waals surface area contributed by atoms with E-state index >= 15 is 0 Å². The van der Waals surface area contributed by atoms with Crippen LogP contribution in [0.2, 0.25) is 0 Å². The van der Waals surface area contributed by atoms with Gasteiger partial charge in [-0.3, -0.25) is 14.6 Å². The van der Waals surface area contributed by atoms with Crippen LogP contribution < -0.4 is 0 Å².